The van der Waals surface area contributed by atoms with Gasteiger partial charge in [-0.3, -0.25) is 14.4 Å². The van der Waals surface area contributed by atoms with Crippen LogP contribution < -0.4 is 21.3 Å². The van der Waals surface area contributed by atoms with Crippen LogP contribution >= 0.6 is 0 Å². The number of nitrogens with zero attached hydrogens (tertiary/aromatic N) is 1. The van der Waals surface area contributed by atoms with E-state index >= 15 is 0 Å². The molecule has 3 aromatic carbocycles. The summed E-state index contributed by atoms with van der Waals surface area (Å²) in [6.45, 7) is 4.77. The van der Waals surface area contributed by atoms with E-state index in [2.05, 4.69) is 15.5 Å². The third-order valence-electron chi connectivity index (χ3n) is 6.74. The van der Waals surface area contributed by atoms with Gasteiger partial charge in [-0.25, -0.2) is 4.39 Å². The number of aliphatic hydroxyl groups excluding tert-OH is 1. The van der Waals surface area contributed by atoms with Crippen molar-refractivity contribution < 1.29 is 28.3 Å². The van der Waals surface area contributed by atoms with E-state index in [1.54, 1.807) is 30.3 Å². The number of rotatable bonds is 10. The molecule has 1 heterocycles. The van der Waals surface area contributed by atoms with Crippen molar-refractivity contribution in [1.29, 1.82) is 0 Å². The second-order valence-electron chi connectivity index (χ2n) is 9.12. The number of fused-ring (bicyclic) bond motifs is 1. The summed E-state index contributed by atoms with van der Waals surface area (Å²) in [5.74, 6) is -1.88. The van der Waals surface area contributed by atoms with Gasteiger partial charge >= 0.3 is 0 Å². The van der Waals surface area contributed by atoms with E-state index in [1.165, 1.54) is 19.2 Å². The number of primary amides is 1. The molecule has 0 radical (unpaired) electrons. The first-order valence-electron chi connectivity index (χ1n) is 12.9. The van der Waals surface area contributed by atoms with E-state index in [4.69, 9.17) is 10.2 Å². The molecular weight excluding hydrogens is 515 g/mol. The van der Waals surface area contributed by atoms with E-state index in [1.807, 2.05) is 32.0 Å². The number of nitrogens with two attached hydrogens (primary N) is 1. The molecule has 4 rings (SSSR count). The summed E-state index contributed by atoms with van der Waals surface area (Å²) in [4.78, 5) is 39.6. The SMILES string of the molecule is CCN(CC)c1cc2oc(-c3ccc(F)cc3)c(C(=O)NC)c2cc1-c1cccc(C(=O)NC(CO)C(N)=O)c1. The molecular formula is C30H31FN4O5. The minimum absolute atomic E-state index is 0.258. The average molecular weight is 547 g/mol. The van der Waals surface area contributed by atoms with Crippen LogP contribution in [0.5, 0.6) is 0 Å². The summed E-state index contributed by atoms with van der Waals surface area (Å²) in [7, 11) is 1.52. The van der Waals surface area contributed by atoms with Gasteiger partial charge in [0.2, 0.25) is 5.91 Å². The molecule has 0 aliphatic carbocycles. The number of hydrogen-bond acceptors (Lipinski definition) is 6. The topological polar surface area (TPSA) is 138 Å². The smallest absolute Gasteiger partial charge is 0.255 e. The fourth-order valence-electron chi connectivity index (χ4n) is 4.62. The Hall–Kier alpha value is -4.70. The monoisotopic (exact) mass is 546 g/mol. The van der Waals surface area contributed by atoms with Crippen molar-refractivity contribution in [3.05, 3.63) is 77.6 Å². The first-order chi connectivity index (χ1) is 19.2. The number of furan rings is 1. The van der Waals surface area contributed by atoms with E-state index in [0.29, 0.717) is 46.5 Å². The van der Waals surface area contributed by atoms with Gasteiger partial charge in [0, 0.05) is 54.0 Å². The largest absolute Gasteiger partial charge is 0.455 e. The van der Waals surface area contributed by atoms with Gasteiger partial charge in [0.15, 0.2) is 0 Å². The zero-order valence-electron chi connectivity index (χ0n) is 22.5. The van der Waals surface area contributed by atoms with Crippen molar-refractivity contribution >= 4 is 34.4 Å². The molecule has 5 N–H and O–H groups in total. The standard InChI is InChI=1S/C30H31FN4O5/c1-4-35(5-2)24-15-25-22(26(30(39)33-3)27(40-25)17-9-11-20(31)12-10-17)14-21(24)18-7-6-8-19(13-18)29(38)34-23(16-36)28(32)37/h6-15,23,36H,4-5,16H2,1-3H3,(H2,32,37)(H,33,39)(H,34,38). The molecule has 1 aromatic heterocycles. The predicted octanol–water partition coefficient (Wildman–Crippen LogP) is 3.69. The second kappa shape index (κ2) is 12.0. The fraction of sp³-hybridized carbons (Fsp3) is 0.233. The number of aliphatic hydroxyl groups is 1. The third-order valence-corrected chi connectivity index (χ3v) is 6.74. The highest BCUT2D eigenvalue weighted by Gasteiger charge is 2.25. The van der Waals surface area contributed by atoms with Crippen molar-refractivity contribution in [3.8, 4) is 22.5 Å². The van der Waals surface area contributed by atoms with E-state index in [0.717, 1.165) is 11.3 Å². The van der Waals surface area contributed by atoms with Gasteiger partial charge in [0.25, 0.3) is 11.8 Å². The quantitative estimate of drug-likeness (QED) is 0.239. The number of halogens is 1. The Labute approximate surface area is 230 Å². The van der Waals surface area contributed by atoms with Crippen LogP contribution in [0.4, 0.5) is 10.1 Å². The summed E-state index contributed by atoms with van der Waals surface area (Å²) < 4.78 is 19.9. The lowest BCUT2D eigenvalue weighted by atomic mass is 9.96. The summed E-state index contributed by atoms with van der Waals surface area (Å²) in [6, 6.07) is 15.0. The normalized spacial score (nSPS) is 11.7. The molecule has 208 valence electrons. The minimum atomic E-state index is -1.22. The van der Waals surface area contributed by atoms with Crippen LogP contribution in [0.3, 0.4) is 0 Å². The van der Waals surface area contributed by atoms with Crippen LogP contribution in [0.15, 0.2) is 65.1 Å². The zero-order valence-corrected chi connectivity index (χ0v) is 22.5. The lowest BCUT2D eigenvalue weighted by Crippen LogP contribution is -2.46. The molecule has 40 heavy (non-hydrogen) atoms. The molecule has 9 nitrogen and oxygen atoms in total. The maximum atomic E-state index is 13.6. The van der Waals surface area contributed by atoms with Crippen molar-refractivity contribution in [2.45, 2.75) is 19.9 Å². The molecule has 0 bridgehead atoms. The Kier molecular flexibility index (Phi) is 8.49. The Balaban J connectivity index is 1.93. The second-order valence-corrected chi connectivity index (χ2v) is 9.12. The Morgan fingerprint density at radius 2 is 1.70 bits per heavy atom. The van der Waals surface area contributed by atoms with Gasteiger partial charge in [-0.2, -0.15) is 0 Å². The predicted molar refractivity (Wildman–Crippen MR) is 152 cm³/mol. The Bertz CT molecular complexity index is 1560. The average Bonchev–Trinajstić information content (AvgIpc) is 3.34. The highest BCUT2D eigenvalue weighted by atomic mass is 19.1. The van der Waals surface area contributed by atoms with Crippen molar-refractivity contribution in [3.63, 3.8) is 0 Å². The lowest BCUT2D eigenvalue weighted by molar-refractivity contribution is -0.120. The molecule has 0 aliphatic rings. The molecule has 10 heteroatoms. The number of anilines is 1. The van der Waals surface area contributed by atoms with Gasteiger partial charge in [0.1, 0.15) is 23.2 Å². The van der Waals surface area contributed by atoms with E-state index in [9.17, 15) is 23.9 Å². The molecule has 0 fully saturated rings. The highest BCUT2D eigenvalue weighted by molar-refractivity contribution is 6.13. The van der Waals surface area contributed by atoms with Crippen LogP contribution in [0, 0.1) is 5.82 Å². The molecule has 3 amide bonds. The number of amides is 3. The van der Waals surface area contributed by atoms with Crippen LogP contribution in [-0.2, 0) is 4.79 Å². The Morgan fingerprint density at radius 3 is 2.30 bits per heavy atom. The lowest BCUT2D eigenvalue weighted by Gasteiger charge is -2.24. The maximum Gasteiger partial charge on any atom is 0.255 e. The van der Waals surface area contributed by atoms with Crippen LogP contribution in [0.2, 0.25) is 0 Å². The molecule has 4 aromatic rings. The summed E-state index contributed by atoms with van der Waals surface area (Å²) >= 11 is 0. The molecule has 0 aliphatic heterocycles. The first kappa shape index (κ1) is 28.3. The maximum absolute atomic E-state index is 13.6. The van der Waals surface area contributed by atoms with Crippen molar-refractivity contribution in [1.82, 2.24) is 10.6 Å². The number of benzene rings is 3. The van der Waals surface area contributed by atoms with E-state index < -0.39 is 30.3 Å². The van der Waals surface area contributed by atoms with Gasteiger partial charge in [-0.05, 0) is 61.9 Å². The van der Waals surface area contributed by atoms with Gasteiger partial charge in [0.05, 0.1) is 12.2 Å². The number of hydrogen-bond donors (Lipinski definition) is 4. The van der Waals surface area contributed by atoms with Crippen LogP contribution in [0.25, 0.3) is 33.4 Å². The molecule has 1 unspecified atom stereocenters. The Morgan fingerprint density at radius 1 is 1.00 bits per heavy atom. The number of nitrogens with one attached hydrogen (secondary N) is 2. The van der Waals surface area contributed by atoms with Gasteiger partial charge in [-0.15, -0.1) is 0 Å². The minimum Gasteiger partial charge on any atom is -0.455 e. The zero-order chi connectivity index (χ0) is 29.0. The number of carbonyl (C=O) groups excluding carboxylic acids is 3. The molecule has 0 saturated carbocycles. The summed E-state index contributed by atoms with van der Waals surface area (Å²) in [5.41, 5.74) is 9.09. The first-order valence-corrected chi connectivity index (χ1v) is 12.9. The fourth-order valence-corrected chi connectivity index (χ4v) is 4.62. The van der Waals surface area contributed by atoms with Crippen molar-refractivity contribution in [2.75, 3.05) is 31.6 Å². The van der Waals surface area contributed by atoms with Crippen LogP contribution in [0.1, 0.15) is 34.6 Å². The highest BCUT2D eigenvalue weighted by Crippen LogP contribution is 2.41. The molecule has 0 spiro atoms. The van der Waals surface area contributed by atoms with Crippen molar-refractivity contribution in [2.24, 2.45) is 5.73 Å². The third kappa shape index (κ3) is 5.52. The van der Waals surface area contributed by atoms with Crippen LogP contribution in [-0.4, -0.2) is 55.6 Å². The van der Waals surface area contributed by atoms with Gasteiger partial charge in [-0.1, -0.05) is 12.1 Å². The summed E-state index contributed by atoms with van der Waals surface area (Å²) in [5, 5.41) is 15.0. The molecule has 0 saturated heterocycles. The van der Waals surface area contributed by atoms with E-state index in [-0.39, 0.29) is 11.5 Å². The number of carbonyl (C=O) groups is 3. The summed E-state index contributed by atoms with van der Waals surface area (Å²) in [6.07, 6.45) is 0. The molecule has 1 atom stereocenters. The van der Waals surface area contributed by atoms with Gasteiger partial charge < -0.3 is 30.8 Å².